The number of nitrogens with zero attached hydrogens (tertiary/aromatic N) is 8. The van der Waals surface area contributed by atoms with Crippen LogP contribution < -0.4 is 20.5 Å². The van der Waals surface area contributed by atoms with E-state index in [4.69, 9.17) is 11.6 Å². The van der Waals surface area contributed by atoms with Crippen molar-refractivity contribution < 1.29 is 27.9 Å². The summed E-state index contributed by atoms with van der Waals surface area (Å²) in [6.07, 6.45) is 0.572. The molecule has 2 atom stereocenters. The van der Waals surface area contributed by atoms with Crippen LogP contribution in [-0.2, 0) is 23.9 Å². The molecule has 0 spiro atoms. The van der Waals surface area contributed by atoms with Crippen LogP contribution in [0.25, 0.3) is 11.2 Å². The zero-order valence-electron chi connectivity index (χ0n) is 27.8. The van der Waals surface area contributed by atoms with Gasteiger partial charge >= 0.3 is 6.18 Å². The second-order valence-electron chi connectivity index (χ2n) is 12.5. The summed E-state index contributed by atoms with van der Waals surface area (Å²) in [5.41, 5.74) is -0.0551. The highest BCUT2D eigenvalue weighted by Gasteiger charge is 2.44. The summed E-state index contributed by atoms with van der Waals surface area (Å²) >= 11 is 6.13. The number of amides is 2. The van der Waals surface area contributed by atoms with Gasteiger partial charge in [0.25, 0.3) is 5.91 Å². The molecule has 2 amide bonds. The number of rotatable bonds is 7. The van der Waals surface area contributed by atoms with Crippen molar-refractivity contribution in [3.8, 4) is 5.75 Å². The van der Waals surface area contributed by atoms with Crippen LogP contribution >= 0.6 is 11.6 Å². The van der Waals surface area contributed by atoms with Crippen LogP contribution in [0.4, 0.5) is 30.4 Å². The zero-order valence-corrected chi connectivity index (χ0v) is 28.5. The van der Waals surface area contributed by atoms with Crippen molar-refractivity contribution in [3.63, 3.8) is 0 Å². The van der Waals surface area contributed by atoms with E-state index in [2.05, 4.69) is 25.3 Å². The molecule has 0 radical (unpaired) electrons. The number of aromatic hydroxyl groups is 1. The smallest absolute Gasteiger partial charge is 0.416 e. The molecule has 50 heavy (non-hydrogen) atoms. The number of carbonyl (C=O) groups is 2. The Hall–Kier alpha value is -4.99. The highest BCUT2D eigenvalue weighted by molar-refractivity contribution is 6.33. The predicted molar refractivity (Wildman–Crippen MR) is 181 cm³/mol. The van der Waals surface area contributed by atoms with Crippen molar-refractivity contribution >= 4 is 51.8 Å². The fourth-order valence-electron chi connectivity index (χ4n) is 6.87. The Bertz CT molecular complexity index is 2060. The van der Waals surface area contributed by atoms with Gasteiger partial charge in [-0.05, 0) is 50.8 Å². The van der Waals surface area contributed by atoms with Gasteiger partial charge in [-0.15, -0.1) is 0 Å². The maximum absolute atomic E-state index is 14.5. The number of anilines is 3. The lowest BCUT2D eigenvalue weighted by molar-refractivity contribution is -0.137. The van der Waals surface area contributed by atoms with Crippen LogP contribution in [0.2, 0.25) is 5.02 Å². The first-order valence-electron chi connectivity index (χ1n) is 16.1. The Balaban J connectivity index is 1.40. The van der Waals surface area contributed by atoms with Crippen molar-refractivity contribution in [3.05, 3.63) is 68.6 Å². The number of alkyl halides is 3. The minimum Gasteiger partial charge on any atom is -0.504 e. The number of halogens is 4. The number of hydrogen-bond acceptors (Lipinski definition) is 10. The van der Waals surface area contributed by atoms with E-state index in [0.29, 0.717) is 36.5 Å². The average molecular weight is 714 g/mol. The van der Waals surface area contributed by atoms with E-state index < -0.39 is 23.6 Å². The van der Waals surface area contributed by atoms with Crippen LogP contribution in [0.3, 0.4) is 0 Å². The third kappa shape index (κ3) is 6.27. The summed E-state index contributed by atoms with van der Waals surface area (Å²) < 4.78 is 41.2. The molecule has 4 heterocycles. The van der Waals surface area contributed by atoms with Crippen LogP contribution in [0, 0.1) is 6.92 Å². The Morgan fingerprint density at radius 1 is 1.12 bits per heavy atom. The van der Waals surface area contributed by atoms with E-state index in [1.807, 2.05) is 11.8 Å². The molecule has 1 saturated carbocycles. The molecule has 1 aromatic carbocycles. The molecule has 17 heteroatoms. The molecular weight excluding hydrogens is 679 g/mol. The summed E-state index contributed by atoms with van der Waals surface area (Å²) in [7, 11) is 3.51. The molecule has 1 saturated heterocycles. The maximum atomic E-state index is 14.5. The van der Waals surface area contributed by atoms with E-state index >= 15 is 0 Å². The first-order chi connectivity index (χ1) is 23.7. The van der Waals surface area contributed by atoms with Crippen LogP contribution in [0.1, 0.15) is 53.6 Å². The molecule has 1 aliphatic carbocycles. The third-order valence-corrected chi connectivity index (χ3v) is 9.59. The number of benzene rings is 1. The van der Waals surface area contributed by atoms with Gasteiger partial charge < -0.3 is 29.7 Å². The number of pyridine rings is 1. The molecule has 4 aromatic rings. The first kappa shape index (κ1) is 34.9. The zero-order chi connectivity index (χ0) is 36.1. The Morgan fingerprint density at radius 2 is 1.86 bits per heavy atom. The van der Waals surface area contributed by atoms with Crippen molar-refractivity contribution in [2.75, 3.05) is 42.3 Å². The molecule has 0 bridgehead atoms. The first-order valence-corrected chi connectivity index (χ1v) is 16.4. The Morgan fingerprint density at radius 3 is 2.54 bits per heavy atom. The van der Waals surface area contributed by atoms with Gasteiger partial charge in [0.15, 0.2) is 22.6 Å². The van der Waals surface area contributed by atoms with Gasteiger partial charge in [-0.3, -0.25) is 14.4 Å². The van der Waals surface area contributed by atoms with Gasteiger partial charge in [0.05, 0.1) is 34.2 Å². The van der Waals surface area contributed by atoms with E-state index in [-0.39, 0.29) is 76.2 Å². The summed E-state index contributed by atoms with van der Waals surface area (Å²) in [4.78, 5) is 64.3. The molecule has 1 aliphatic heterocycles. The SMILES string of the molecule is CCc1c(N2CCN(C(=O)c3ncnc(C)c3O)[C@@H]3CCC[C@H]32)c(=O)c2nc(N(C)C)cnc2n1CC(=O)Nc1ccc(C(F)(F)F)cc1Cl. The molecule has 6 rings (SSSR count). The van der Waals surface area contributed by atoms with Crippen LogP contribution in [-0.4, -0.2) is 85.6 Å². The number of piperazine rings is 1. The fraction of sp³-hybridized carbons (Fsp3) is 0.424. The molecule has 0 unspecified atom stereocenters. The van der Waals surface area contributed by atoms with E-state index in [1.54, 1.807) is 35.4 Å². The molecule has 264 valence electrons. The van der Waals surface area contributed by atoms with Crippen molar-refractivity contribution in [1.82, 2.24) is 29.4 Å². The van der Waals surface area contributed by atoms with Crippen LogP contribution in [0.15, 0.2) is 35.5 Å². The topological polar surface area (TPSA) is 150 Å². The van der Waals surface area contributed by atoms with Gasteiger partial charge in [-0.25, -0.2) is 19.9 Å². The van der Waals surface area contributed by atoms with Gasteiger partial charge in [-0.2, -0.15) is 13.2 Å². The van der Waals surface area contributed by atoms with E-state index in [9.17, 15) is 32.7 Å². The Labute approximate surface area is 289 Å². The number of nitrogens with one attached hydrogen (secondary N) is 1. The van der Waals surface area contributed by atoms with E-state index in [0.717, 1.165) is 24.6 Å². The predicted octanol–water partition coefficient (Wildman–Crippen LogP) is 4.42. The van der Waals surface area contributed by atoms with Gasteiger partial charge in [0, 0.05) is 38.9 Å². The molecule has 2 fully saturated rings. The normalized spacial score (nSPS) is 17.6. The largest absolute Gasteiger partial charge is 0.504 e. The quantitative estimate of drug-likeness (QED) is 0.282. The number of carbonyl (C=O) groups excluding carboxylic acids is 2. The molecule has 2 aliphatic rings. The molecular formula is C33H35ClF3N9O4. The molecule has 2 N–H and O–H groups in total. The van der Waals surface area contributed by atoms with Crippen molar-refractivity contribution in [2.45, 2.75) is 64.3 Å². The summed E-state index contributed by atoms with van der Waals surface area (Å²) in [6, 6.07) is 2.11. The minimum atomic E-state index is -4.61. The monoisotopic (exact) mass is 713 g/mol. The second kappa shape index (κ2) is 13.4. The van der Waals surface area contributed by atoms with Gasteiger partial charge in [0.2, 0.25) is 11.3 Å². The van der Waals surface area contributed by atoms with E-state index in [1.165, 1.54) is 12.5 Å². The van der Waals surface area contributed by atoms with Crippen LogP contribution in [0.5, 0.6) is 5.75 Å². The highest BCUT2D eigenvalue weighted by atomic mass is 35.5. The number of aryl methyl sites for hydroxylation is 1. The Kier molecular flexibility index (Phi) is 9.33. The van der Waals surface area contributed by atoms with Gasteiger partial charge in [0.1, 0.15) is 24.4 Å². The lowest BCUT2D eigenvalue weighted by Gasteiger charge is -2.46. The fourth-order valence-corrected chi connectivity index (χ4v) is 7.10. The maximum Gasteiger partial charge on any atom is 0.416 e. The lowest BCUT2D eigenvalue weighted by atomic mass is 10.0. The average Bonchev–Trinajstić information content (AvgIpc) is 3.57. The second-order valence-corrected chi connectivity index (χ2v) is 12.9. The lowest BCUT2D eigenvalue weighted by Crippen LogP contribution is -2.60. The minimum absolute atomic E-state index is 0.00577. The number of aromatic nitrogens is 5. The highest BCUT2D eigenvalue weighted by Crippen LogP contribution is 2.38. The summed E-state index contributed by atoms with van der Waals surface area (Å²) in [6.45, 7) is 3.60. The summed E-state index contributed by atoms with van der Waals surface area (Å²) in [5.74, 6) is -0.876. The molecule has 3 aromatic heterocycles. The third-order valence-electron chi connectivity index (χ3n) is 9.27. The number of fused-ring (bicyclic) bond motifs is 2. The van der Waals surface area contributed by atoms with Gasteiger partial charge in [-0.1, -0.05) is 18.5 Å². The van der Waals surface area contributed by atoms with Crippen molar-refractivity contribution in [1.29, 1.82) is 0 Å². The molecule has 13 nitrogen and oxygen atoms in total. The number of hydrogen-bond donors (Lipinski definition) is 2. The standard InChI is InChI=1S/C33H35ClF3N9O4/c1-5-21-28(44-11-12-45(23-8-6-7-22(23)44)32(50)27-29(48)17(2)39-16-40-27)30(49)26-31(38-14-24(42-26)43(3)4)46(21)15-25(47)41-20-10-9-18(13-19(20)34)33(35,36)37/h9-10,13-14,16,22-23,48H,5-8,11-12,15H2,1-4H3,(H,41,47)/t22-,23-/m1/s1. The summed E-state index contributed by atoms with van der Waals surface area (Å²) in [5, 5.41) is 12.9. The van der Waals surface area contributed by atoms with Crippen molar-refractivity contribution in [2.24, 2.45) is 0 Å².